The van der Waals surface area contributed by atoms with Gasteiger partial charge in [-0.05, 0) is 12.8 Å². The quantitative estimate of drug-likeness (QED) is 0.0932. The summed E-state index contributed by atoms with van der Waals surface area (Å²) in [6.45, 7) is 0. The molecule has 2 aromatic heterocycles. The van der Waals surface area contributed by atoms with Crippen molar-refractivity contribution in [2.75, 3.05) is 0 Å². The second kappa shape index (κ2) is 14.8. The monoisotopic (exact) mass is 548 g/mol. The van der Waals surface area contributed by atoms with E-state index in [1.165, 1.54) is 25.0 Å². The van der Waals surface area contributed by atoms with Gasteiger partial charge in [-0.1, -0.05) is 0 Å². The molecule has 0 radical (unpaired) electrons. The van der Waals surface area contributed by atoms with Gasteiger partial charge in [0.25, 0.3) is 0 Å². The Kier molecular flexibility index (Phi) is 11.6. The Bertz CT molecular complexity index is 1140. The van der Waals surface area contributed by atoms with E-state index >= 15 is 0 Å². The van der Waals surface area contributed by atoms with E-state index in [1.807, 2.05) is 0 Å². The highest BCUT2D eigenvalue weighted by Gasteiger charge is 2.31. The summed E-state index contributed by atoms with van der Waals surface area (Å²) in [4.78, 5) is 86.2. The minimum atomic E-state index is -1.46. The van der Waals surface area contributed by atoms with E-state index in [4.69, 9.17) is 17.2 Å². The predicted molar refractivity (Wildman–Crippen MR) is 133 cm³/mol. The lowest BCUT2D eigenvalue weighted by Gasteiger charge is -2.25. The number of carboxylic acids is 1. The molecule has 12 N–H and O–H groups in total. The summed E-state index contributed by atoms with van der Waals surface area (Å²) in [5.74, 6) is -5.33. The second-order valence-electron chi connectivity index (χ2n) is 8.70. The van der Waals surface area contributed by atoms with Gasteiger partial charge in [0.1, 0.15) is 18.1 Å². The minimum absolute atomic E-state index is 0.0860. The van der Waals surface area contributed by atoms with Crippen molar-refractivity contribution in [2.24, 2.45) is 17.2 Å². The van der Waals surface area contributed by atoms with Crippen molar-refractivity contribution in [3.05, 3.63) is 36.4 Å². The highest BCUT2D eigenvalue weighted by Crippen LogP contribution is 2.06. The number of nitrogens with one attached hydrogen (secondary N) is 5. The molecule has 0 saturated heterocycles. The molecule has 2 rings (SSSR count). The molecule has 17 nitrogen and oxygen atoms in total. The average Bonchev–Trinajstić information content (AvgIpc) is 3.57. The van der Waals surface area contributed by atoms with Gasteiger partial charge in [-0.25, -0.2) is 14.8 Å². The van der Waals surface area contributed by atoms with Crippen LogP contribution in [-0.2, 0) is 41.6 Å². The van der Waals surface area contributed by atoms with Crippen LogP contribution in [0, 0.1) is 0 Å². The minimum Gasteiger partial charge on any atom is -0.480 e. The maximum Gasteiger partial charge on any atom is 0.326 e. The van der Waals surface area contributed by atoms with Crippen LogP contribution in [0.2, 0.25) is 0 Å². The number of carbonyl (C=O) groups is 6. The molecule has 0 saturated carbocycles. The zero-order valence-corrected chi connectivity index (χ0v) is 20.9. The summed E-state index contributed by atoms with van der Waals surface area (Å²) in [7, 11) is 0. The molecule has 0 fully saturated rings. The Balaban J connectivity index is 2.18. The molecule has 2 heterocycles. The van der Waals surface area contributed by atoms with E-state index in [0.717, 1.165) is 0 Å². The molecule has 212 valence electrons. The zero-order chi connectivity index (χ0) is 28.9. The van der Waals surface area contributed by atoms with Crippen LogP contribution in [-0.4, -0.2) is 84.7 Å². The van der Waals surface area contributed by atoms with E-state index in [0.29, 0.717) is 11.4 Å². The number of hydrogen-bond donors (Lipinski definition) is 9. The number of nitrogens with zero attached hydrogens (tertiary/aromatic N) is 2. The molecule has 5 amide bonds. The van der Waals surface area contributed by atoms with Gasteiger partial charge in [0.2, 0.25) is 29.5 Å². The summed E-state index contributed by atoms with van der Waals surface area (Å²) >= 11 is 0. The summed E-state index contributed by atoms with van der Waals surface area (Å²) in [6.07, 6.45) is 4.57. The number of imidazole rings is 2. The van der Waals surface area contributed by atoms with E-state index in [2.05, 4.69) is 35.9 Å². The molecule has 4 unspecified atom stereocenters. The number of primary amides is 2. The van der Waals surface area contributed by atoms with Gasteiger partial charge < -0.3 is 48.2 Å². The maximum atomic E-state index is 13.2. The topological polar surface area (TPSA) is 294 Å². The lowest BCUT2D eigenvalue weighted by molar-refractivity contribution is -0.142. The highest BCUT2D eigenvalue weighted by atomic mass is 16.4. The van der Waals surface area contributed by atoms with Gasteiger partial charge in [0.05, 0.1) is 18.7 Å². The first kappa shape index (κ1) is 30.4. The van der Waals surface area contributed by atoms with Crippen molar-refractivity contribution in [3.8, 4) is 0 Å². The van der Waals surface area contributed by atoms with Gasteiger partial charge in [-0.3, -0.25) is 24.0 Å². The van der Waals surface area contributed by atoms with Crippen LogP contribution in [0.5, 0.6) is 0 Å². The maximum absolute atomic E-state index is 13.2. The van der Waals surface area contributed by atoms with Crippen LogP contribution in [0.4, 0.5) is 0 Å². The molecule has 39 heavy (non-hydrogen) atoms. The first-order valence-electron chi connectivity index (χ1n) is 11.9. The predicted octanol–water partition coefficient (Wildman–Crippen LogP) is -3.68. The van der Waals surface area contributed by atoms with Crippen molar-refractivity contribution in [3.63, 3.8) is 0 Å². The van der Waals surface area contributed by atoms with E-state index in [9.17, 15) is 33.9 Å². The van der Waals surface area contributed by atoms with Crippen LogP contribution in [0.15, 0.2) is 25.0 Å². The fraction of sp³-hybridized carbons (Fsp3) is 0.455. The summed E-state index contributed by atoms with van der Waals surface area (Å²) < 4.78 is 0. The summed E-state index contributed by atoms with van der Waals surface area (Å²) in [6, 6.07) is -5.17. The Hall–Kier alpha value is -4.80. The largest absolute Gasteiger partial charge is 0.480 e. The van der Waals surface area contributed by atoms with Crippen LogP contribution < -0.4 is 33.2 Å². The first-order valence-corrected chi connectivity index (χ1v) is 11.9. The van der Waals surface area contributed by atoms with Gasteiger partial charge >= 0.3 is 5.97 Å². The number of hydrogen-bond acceptors (Lipinski definition) is 9. The standard InChI is InChI=1S/C22H32N10O7/c23-13(5-11-7-26-9-28-11)19(35)30-14(1-3-17(24)33)20(36)32-16(6-12-8-27-10-29-12)21(37)31-15(22(38)39)2-4-18(25)34/h7-10,13-16H,1-6,23H2,(H2,24,33)(H2,25,34)(H,26,28)(H,27,29)(H,30,35)(H,31,37)(H,32,36)(H,38,39). The number of nitrogens with two attached hydrogens (primary N) is 3. The number of aromatic amines is 2. The van der Waals surface area contributed by atoms with Crippen molar-refractivity contribution < 1.29 is 33.9 Å². The van der Waals surface area contributed by atoms with Crippen molar-refractivity contribution in [1.82, 2.24) is 35.9 Å². The van der Waals surface area contributed by atoms with Crippen molar-refractivity contribution in [1.29, 1.82) is 0 Å². The van der Waals surface area contributed by atoms with Crippen LogP contribution in [0.25, 0.3) is 0 Å². The molecule has 0 aromatic carbocycles. The molecular formula is C22H32N10O7. The van der Waals surface area contributed by atoms with E-state index in [1.54, 1.807) is 0 Å². The normalized spacial score (nSPS) is 13.9. The van der Waals surface area contributed by atoms with Gasteiger partial charge in [0, 0.05) is 49.5 Å². The number of aliphatic carboxylic acids is 1. The second-order valence-corrected chi connectivity index (χ2v) is 8.70. The summed E-state index contributed by atoms with van der Waals surface area (Å²) in [5.41, 5.74) is 17.2. The van der Waals surface area contributed by atoms with Crippen molar-refractivity contribution in [2.45, 2.75) is 62.7 Å². The van der Waals surface area contributed by atoms with Crippen LogP contribution in [0.3, 0.4) is 0 Å². The lowest BCUT2D eigenvalue weighted by Crippen LogP contribution is -2.58. The van der Waals surface area contributed by atoms with Gasteiger partial charge in [-0.2, -0.15) is 0 Å². The molecule has 0 bridgehead atoms. The third-order valence-electron chi connectivity index (χ3n) is 5.55. The molecule has 0 aliphatic heterocycles. The lowest BCUT2D eigenvalue weighted by atomic mass is 10.1. The number of amides is 5. The highest BCUT2D eigenvalue weighted by molar-refractivity contribution is 5.94. The van der Waals surface area contributed by atoms with Crippen molar-refractivity contribution >= 4 is 35.5 Å². The smallest absolute Gasteiger partial charge is 0.326 e. The van der Waals surface area contributed by atoms with E-state index < -0.39 is 59.7 Å². The Morgan fingerprint density at radius 1 is 0.744 bits per heavy atom. The number of carbonyl (C=O) groups excluding carboxylic acids is 5. The summed E-state index contributed by atoms with van der Waals surface area (Å²) in [5, 5.41) is 16.6. The Morgan fingerprint density at radius 2 is 1.21 bits per heavy atom. The van der Waals surface area contributed by atoms with Gasteiger partial charge in [-0.15, -0.1) is 0 Å². The number of H-pyrrole nitrogens is 2. The molecule has 0 aliphatic rings. The molecule has 2 aromatic rings. The first-order chi connectivity index (χ1) is 18.5. The Morgan fingerprint density at radius 3 is 1.69 bits per heavy atom. The zero-order valence-electron chi connectivity index (χ0n) is 20.9. The number of aromatic nitrogens is 4. The third kappa shape index (κ3) is 10.6. The molecule has 17 heteroatoms. The SMILES string of the molecule is NC(=O)CCC(NC(=O)C(Cc1cnc[nH]1)NC(=O)C(CCC(N)=O)NC(=O)C(N)Cc1cnc[nH]1)C(=O)O. The van der Waals surface area contributed by atoms with Crippen LogP contribution in [0.1, 0.15) is 37.1 Å². The van der Waals surface area contributed by atoms with E-state index in [-0.39, 0.29) is 38.5 Å². The van der Waals surface area contributed by atoms with Crippen LogP contribution >= 0.6 is 0 Å². The third-order valence-corrected chi connectivity index (χ3v) is 5.55. The molecule has 4 atom stereocenters. The number of rotatable bonds is 17. The fourth-order valence-electron chi connectivity index (χ4n) is 3.47. The molecule has 0 aliphatic carbocycles. The molecular weight excluding hydrogens is 516 g/mol. The average molecular weight is 549 g/mol. The fourth-order valence-corrected chi connectivity index (χ4v) is 3.47. The Labute approximate surface area is 222 Å². The number of carboxylic acid groups (broad SMARTS) is 1. The van der Waals surface area contributed by atoms with Gasteiger partial charge in [0.15, 0.2) is 0 Å². The molecule has 0 spiro atoms.